The summed E-state index contributed by atoms with van der Waals surface area (Å²) >= 11 is 0. The van der Waals surface area contributed by atoms with Crippen LogP contribution in [0.1, 0.15) is 58.3 Å². The molecule has 0 aromatic heterocycles. The van der Waals surface area contributed by atoms with E-state index in [9.17, 15) is 4.79 Å². The summed E-state index contributed by atoms with van der Waals surface area (Å²) in [7, 11) is 3.52. The third kappa shape index (κ3) is 9.83. The number of hydrogen-bond acceptors (Lipinski definition) is 4. The molecule has 1 atom stereocenters. The first-order chi connectivity index (χ1) is 13.5. The van der Waals surface area contributed by atoms with E-state index in [2.05, 4.69) is 15.6 Å². The SMILES string of the molecule is CCOCCC1(CNC(=NCC(=O)N(C)C)NCC2CCCCO2)CCCC1.I. The van der Waals surface area contributed by atoms with E-state index in [1.54, 1.807) is 19.0 Å². The van der Waals surface area contributed by atoms with Crippen molar-refractivity contribution in [1.82, 2.24) is 15.5 Å². The minimum Gasteiger partial charge on any atom is -0.382 e. The minimum atomic E-state index is 0. The zero-order valence-electron chi connectivity index (χ0n) is 18.5. The molecule has 0 aromatic carbocycles. The van der Waals surface area contributed by atoms with Gasteiger partial charge in [-0.1, -0.05) is 12.8 Å². The Balaban J connectivity index is 0.00000420. The quantitative estimate of drug-likeness (QED) is 0.199. The van der Waals surface area contributed by atoms with Gasteiger partial charge in [0.25, 0.3) is 0 Å². The second-order valence-corrected chi connectivity index (χ2v) is 8.33. The summed E-state index contributed by atoms with van der Waals surface area (Å²) in [6.07, 6.45) is 9.75. The number of aliphatic imine (C=N–C) groups is 1. The Bertz CT molecular complexity index is 490. The standard InChI is InChI=1S/C21H40N4O3.HI/c1-4-27-14-12-21(10-6-7-11-21)17-24-20(23-16-19(26)25(2)3)22-15-18-9-5-8-13-28-18;/h18H,4-17H2,1-3H3,(H2,22,23,24);1H. The normalized spacial score (nSPS) is 21.3. The van der Waals surface area contributed by atoms with Gasteiger partial charge in [0.2, 0.25) is 5.91 Å². The number of ether oxygens (including phenoxy) is 2. The molecular weight excluding hydrogens is 483 g/mol. The molecule has 8 heteroatoms. The van der Waals surface area contributed by atoms with Crippen LogP contribution in [0.2, 0.25) is 0 Å². The largest absolute Gasteiger partial charge is 0.382 e. The van der Waals surface area contributed by atoms with E-state index in [1.165, 1.54) is 32.1 Å². The highest BCUT2D eigenvalue weighted by Crippen LogP contribution is 2.40. The van der Waals surface area contributed by atoms with Crippen LogP contribution in [0, 0.1) is 5.41 Å². The molecule has 0 aromatic rings. The smallest absolute Gasteiger partial charge is 0.243 e. The first kappa shape index (κ1) is 26.4. The number of guanidine groups is 1. The number of carbonyl (C=O) groups is 1. The molecule has 1 heterocycles. The van der Waals surface area contributed by atoms with E-state index in [4.69, 9.17) is 9.47 Å². The van der Waals surface area contributed by atoms with Crippen molar-refractivity contribution in [2.75, 3.05) is 53.6 Å². The lowest BCUT2D eigenvalue weighted by Gasteiger charge is -2.30. The molecule has 1 unspecified atom stereocenters. The highest BCUT2D eigenvalue weighted by Gasteiger charge is 2.33. The van der Waals surface area contributed by atoms with Crippen LogP contribution >= 0.6 is 24.0 Å². The summed E-state index contributed by atoms with van der Waals surface area (Å²) in [6.45, 7) is 6.22. The average molecular weight is 524 g/mol. The van der Waals surface area contributed by atoms with Crippen molar-refractivity contribution < 1.29 is 14.3 Å². The summed E-state index contributed by atoms with van der Waals surface area (Å²) < 4.78 is 11.4. The summed E-state index contributed by atoms with van der Waals surface area (Å²) in [5.41, 5.74) is 0.268. The van der Waals surface area contributed by atoms with Crippen LogP contribution in [-0.2, 0) is 14.3 Å². The molecule has 170 valence electrons. The Hall–Kier alpha value is -0.610. The van der Waals surface area contributed by atoms with Gasteiger partial charge in [-0.15, -0.1) is 24.0 Å². The van der Waals surface area contributed by atoms with Crippen molar-refractivity contribution in [3.63, 3.8) is 0 Å². The molecule has 2 rings (SSSR count). The molecule has 0 bridgehead atoms. The second-order valence-electron chi connectivity index (χ2n) is 8.33. The first-order valence-electron chi connectivity index (χ1n) is 11.0. The molecule has 2 fully saturated rings. The van der Waals surface area contributed by atoms with Crippen LogP contribution in [0.4, 0.5) is 0 Å². The number of amides is 1. The van der Waals surface area contributed by atoms with E-state index in [0.29, 0.717) is 5.96 Å². The molecule has 2 aliphatic rings. The van der Waals surface area contributed by atoms with E-state index >= 15 is 0 Å². The van der Waals surface area contributed by atoms with Crippen LogP contribution in [-0.4, -0.2) is 76.4 Å². The molecule has 1 aliphatic carbocycles. The Morgan fingerprint density at radius 3 is 2.59 bits per heavy atom. The topological polar surface area (TPSA) is 75.2 Å². The van der Waals surface area contributed by atoms with Gasteiger partial charge in [0, 0.05) is 47.0 Å². The molecule has 0 spiro atoms. The first-order valence-corrected chi connectivity index (χ1v) is 11.0. The third-order valence-corrected chi connectivity index (χ3v) is 5.92. The van der Waals surface area contributed by atoms with Crippen LogP contribution < -0.4 is 10.6 Å². The number of likely N-dealkylation sites (N-methyl/N-ethyl adjacent to an activating group) is 1. The van der Waals surface area contributed by atoms with Crippen molar-refractivity contribution in [3.8, 4) is 0 Å². The molecule has 1 saturated carbocycles. The molecule has 0 radical (unpaired) electrons. The fourth-order valence-corrected chi connectivity index (χ4v) is 3.99. The van der Waals surface area contributed by atoms with Crippen LogP contribution in [0.25, 0.3) is 0 Å². The fraction of sp³-hybridized carbons (Fsp3) is 0.905. The number of carbonyl (C=O) groups excluding carboxylic acids is 1. The number of hydrogen-bond donors (Lipinski definition) is 2. The zero-order valence-corrected chi connectivity index (χ0v) is 20.8. The highest BCUT2D eigenvalue weighted by molar-refractivity contribution is 14.0. The van der Waals surface area contributed by atoms with Gasteiger partial charge in [-0.3, -0.25) is 4.79 Å². The van der Waals surface area contributed by atoms with Gasteiger partial charge in [0.15, 0.2) is 5.96 Å². The lowest BCUT2D eigenvalue weighted by atomic mass is 9.83. The number of nitrogens with zero attached hydrogens (tertiary/aromatic N) is 2. The van der Waals surface area contributed by atoms with Gasteiger partial charge in [-0.25, -0.2) is 4.99 Å². The minimum absolute atomic E-state index is 0. The van der Waals surface area contributed by atoms with E-state index in [-0.39, 0.29) is 47.9 Å². The summed E-state index contributed by atoms with van der Waals surface area (Å²) in [4.78, 5) is 18.1. The van der Waals surface area contributed by atoms with Crippen molar-refractivity contribution in [2.45, 2.75) is 64.4 Å². The Morgan fingerprint density at radius 2 is 1.97 bits per heavy atom. The fourth-order valence-electron chi connectivity index (χ4n) is 3.99. The number of nitrogens with one attached hydrogen (secondary N) is 2. The molecule has 29 heavy (non-hydrogen) atoms. The van der Waals surface area contributed by atoms with Gasteiger partial charge in [-0.2, -0.15) is 0 Å². The van der Waals surface area contributed by atoms with Crippen LogP contribution in [0.5, 0.6) is 0 Å². The maximum absolute atomic E-state index is 12.0. The lowest BCUT2D eigenvalue weighted by molar-refractivity contribution is -0.127. The van der Waals surface area contributed by atoms with Gasteiger partial charge in [0.1, 0.15) is 6.54 Å². The van der Waals surface area contributed by atoms with Crippen LogP contribution in [0.3, 0.4) is 0 Å². The summed E-state index contributed by atoms with van der Waals surface area (Å²) in [5, 5.41) is 6.92. The molecule has 1 saturated heterocycles. The molecule has 2 N–H and O–H groups in total. The highest BCUT2D eigenvalue weighted by atomic mass is 127. The maximum atomic E-state index is 12.0. The van der Waals surface area contributed by atoms with Gasteiger partial charge < -0.3 is 25.0 Å². The maximum Gasteiger partial charge on any atom is 0.243 e. The zero-order chi connectivity index (χ0) is 20.2. The van der Waals surface area contributed by atoms with Gasteiger partial charge >= 0.3 is 0 Å². The van der Waals surface area contributed by atoms with Crippen molar-refractivity contribution >= 4 is 35.8 Å². The van der Waals surface area contributed by atoms with Gasteiger partial charge in [-0.05, 0) is 50.9 Å². The van der Waals surface area contributed by atoms with Crippen LogP contribution in [0.15, 0.2) is 4.99 Å². The summed E-state index contributed by atoms with van der Waals surface area (Å²) in [6, 6.07) is 0. The van der Waals surface area contributed by atoms with Crippen molar-refractivity contribution in [1.29, 1.82) is 0 Å². The van der Waals surface area contributed by atoms with Gasteiger partial charge in [0.05, 0.1) is 6.10 Å². The Morgan fingerprint density at radius 1 is 1.21 bits per heavy atom. The predicted molar refractivity (Wildman–Crippen MR) is 128 cm³/mol. The molecule has 1 aliphatic heterocycles. The van der Waals surface area contributed by atoms with E-state index in [0.717, 1.165) is 52.2 Å². The molecular formula is C21H41IN4O3. The van der Waals surface area contributed by atoms with E-state index < -0.39 is 0 Å². The predicted octanol–water partition coefficient (Wildman–Crippen LogP) is 2.78. The number of halogens is 1. The van der Waals surface area contributed by atoms with Crippen molar-refractivity contribution in [2.24, 2.45) is 10.4 Å². The lowest BCUT2D eigenvalue weighted by Crippen LogP contribution is -2.46. The Labute approximate surface area is 193 Å². The van der Waals surface area contributed by atoms with E-state index in [1.807, 2.05) is 6.92 Å². The molecule has 1 amide bonds. The monoisotopic (exact) mass is 524 g/mol. The number of rotatable bonds is 10. The third-order valence-electron chi connectivity index (χ3n) is 5.92. The Kier molecular flexibility index (Phi) is 13.1. The average Bonchev–Trinajstić information content (AvgIpc) is 3.17. The molecule has 7 nitrogen and oxygen atoms in total. The van der Waals surface area contributed by atoms with Crippen molar-refractivity contribution in [3.05, 3.63) is 0 Å². The second kappa shape index (κ2) is 14.4. The summed E-state index contributed by atoms with van der Waals surface area (Å²) in [5.74, 6) is 0.717.